The van der Waals surface area contributed by atoms with Gasteiger partial charge in [0.25, 0.3) is 5.91 Å². The average molecular weight is 397 g/mol. The van der Waals surface area contributed by atoms with E-state index in [9.17, 15) is 9.59 Å². The van der Waals surface area contributed by atoms with Crippen molar-refractivity contribution in [3.05, 3.63) is 35.4 Å². The molecule has 0 aromatic heterocycles. The van der Waals surface area contributed by atoms with Gasteiger partial charge in [-0.25, -0.2) is 5.43 Å². The summed E-state index contributed by atoms with van der Waals surface area (Å²) in [7, 11) is 0. The van der Waals surface area contributed by atoms with Gasteiger partial charge in [-0.1, -0.05) is 38.1 Å². The molecule has 0 aliphatic carbocycles. The number of benzene rings is 1. The van der Waals surface area contributed by atoms with E-state index in [1.54, 1.807) is 0 Å². The molecular formula is C23H32N4O2. The second-order valence-electron chi connectivity index (χ2n) is 9.28. The van der Waals surface area contributed by atoms with Gasteiger partial charge >= 0.3 is 0 Å². The van der Waals surface area contributed by atoms with Crippen molar-refractivity contribution in [2.75, 3.05) is 26.2 Å². The molecule has 1 aromatic rings. The van der Waals surface area contributed by atoms with E-state index in [1.807, 2.05) is 4.90 Å². The highest BCUT2D eigenvalue weighted by Gasteiger charge is 2.43. The van der Waals surface area contributed by atoms with Crippen molar-refractivity contribution >= 4 is 17.5 Å². The van der Waals surface area contributed by atoms with Crippen LogP contribution < -0.4 is 5.43 Å². The third-order valence-electron chi connectivity index (χ3n) is 6.67. The Bertz CT molecular complexity index is 802. The van der Waals surface area contributed by atoms with Gasteiger partial charge in [0.15, 0.2) is 0 Å². The number of carbonyl (C=O) groups is 2. The molecular weight excluding hydrogens is 364 g/mol. The van der Waals surface area contributed by atoms with Crippen LogP contribution >= 0.6 is 0 Å². The Morgan fingerprint density at radius 1 is 1.14 bits per heavy atom. The number of nitrogens with zero attached hydrogens (tertiary/aromatic N) is 3. The predicted molar refractivity (Wildman–Crippen MR) is 113 cm³/mol. The Hall–Kier alpha value is -2.21. The summed E-state index contributed by atoms with van der Waals surface area (Å²) in [6, 6.07) is 9.02. The molecule has 1 N–H and O–H groups in total. The molecule has 0 bridgehead atoms. The second kappa shape index (κ2) is 8.27. The molecule has 1 atom stereocenters. The number of rotatable bonds is 4. The number of hydrogen-bond acceptors (Lipinski definition) is 4. The van der Waals surface area contributed by atoms with Crippen LogP contribution in [0.25, 0.3) is 0 Å². The first-order valence-corrected chi connectivity index (χ1v) is 10.9. The van der Waals surface area contributed by atoms with E-state index in [2.05, 4.69) is 53.5 Å². The summed E-state index contributed by atoms with van der Waals surface area (Å²) in [5, 5.41) is 3.99. The summed E-state index contributed by atoms with van der Waals surface area (Å²) < 4.78 is 0. The van der Waals surface area contributed by atoms with E-state index < -0.39 is 0 Å². The molecule has 2 saturated heterocycles. The fourth-order valence-electron chi connectivity index (χ4n) is 4.96. The Balaban J connectivity index is 1.36. The third-order valence-corrected chi connectivity index (χ3v) is 6.67. The highest BCUT2D eigenvalue weighted by atomic mass is 16.2. The summed E-state index contributed by atoms with van der Waals surface area (Å²) in [5.41, 5.74) is 5.89. The SMILES string of the molecule is CC(C)c1ccc(CN2CCCC3(CCN(C(=O)C4=NNC(=O)CC4)C3)C2)cc1. The molecule has 3 aliphatic rings. The molecule has 3 heterocycles. The lowest BCUT2D eigenvalue weighted by molar-refractivity contribution is -0.124. The van der Waals surface area contributed by atoms with Crippen LogP contribution in [0.15, 0.2) is 29.4 Å². The van der Waals surface area contributed by atoms with Crippen molar-refractivity contribution in [3.63, 3.8) is 0 Å². The zero-order valence-electron chi connectivity index (χ0n) is 17.6. The number of likely N-dealkylation sites (tertiary alicyclic amines) is 2. The molecule has 6 nitrogen and oxygen atoms in total. The monoisotopic (exact) mass is 396 g/mol. The molecule has 2 fully saturated rings. The molecule has 6 heteroatoms. The van der Waals surface area contributed by atoms with Crippen molar-refractivity contribution < 1.29 is 9.59 Å². The highest BCUT2D eigenvalue weighted by Crippen LogP contribution is 2.39. The summed E-state index contributed by atoms with van der Waals surface area (Å²) in [4.78, 5) is 28.6. The van der Waals surface area contributed by atoms with Crippen molar-refractivity contribution in [1.82, 2.24) is 15.2 Å². The minimum atomic E-state index is -0.108. The molecule has 1 aromatic carbocycles. The minimum absolute atomic E-state index is 0.00303. The van der Waals surface area contributed by atoms with Crippen LogP contribution in [0.3, 0.4) is 0 Å². The van der Waals surface area contributed by atoms with Gasteiger partial charge in [-0.15, -0.1) is 0 Å². The molecule has 0 saturated carbocycles. The first-order valence-electron chi connectivity index (χ1n) is 10.9. The number of carbonyl (C=O) groups excluding carboxylic acids is 2. The van der Waals surface area contributed by atoms with Crippen LogP contribution in [0.5, 0.6) is 0 Å². The fourth-order valence-corrected chi connectivity index (χ4v) is 4.96. The Kier molecular flexibility index (Phi) is 5.72. The highest BCUT2D eigenvalue weighted by molar-refractivity contribution is 6.39. The van der Waals surface area contributed by atoms with Gasteiger partial charge in [0.1, 0.15) is 5.71 Å². The fraction of sp³-hybridized carbons (Fsp3) is 0.609. The van der Waals surface area contributed by atoms with Crippen LogP contribution in [0.1, 0.15) is 63.0 Å². The lowest BCUT2D eigenvalue weighted by Gasteiger charge is -2.40. The van der Waals surface area contributed by atoms with Gasteiger partial charge in [-0.3, -0.25) is 14.5 Å². The smallest absolute Gasteiger partial charge is 0.270 e. The maximum absolute atomic E-state index is 12.8. The van der Waals surface area contributed by atoms with Gasteiger partial charge in [-0.2, -0.15) is 5.10 Å². The predicted octanol–water partition coefficient (Wildman–Crippen LogP) is 2.89. The lowest BCUT2D eigenvalue weighted by atomic mass is 9.79. The number of nitrogens with one attached hydrogen (secondary N) is 1. The van der Waals surface area contributed by atoms with Crippen molar-refractivity contribution in [1.29, 1.82) is 0 Å². The number of hydrogen-bond donors (Lipinski definition) is 1. The van der Waals surface area contributed by atoms with E-state index in [-0.39, 0.29) is 17.2 Å². The molecule has 0 radical (unpaired) electrons. The van der Waals surface area contributed by atoms with E-state index in [1.165, 1.54) is 24.0 Å². The molecule has 156 valence electrons. The summed E-state index contributed by atoms with van der Waals surface area (Å²) in [5.74, 6) is 0.457. The van der Waals surface area contributed by atoms with Gasteiger partial charge in [0, 0.05) is 44.4 Å². The minimum Gasteiger partial charge on any atom is -0.337 e. The van der Waals surface area contributed by atoms with Crippen molar-refractivity contribution in [2.45, 2.75) is 58.4 Å². The Morgan fingerprint density at radius 3 is 2.62 bits per heavy atom. The van der Waals surface area contributed by atoms with Gasteiger partial charge < -0.3 is 4.90 Å². The number of piperidine rings is 1. The van der Waals surface area contributed by atoms with E-state index >= 15 is 0 Å². The van der Waals surface area contributed by atoms with E-state index in [0.29, 0.717) is 24.5 Å². The van der Waals surface area contributed by atoms with E-state index in [4.69, 9.17) is 0 Å². The van der Waals surface area contributed by atoms with Crippen molar-refractivity contribution in [3.8, 4) is 0 Å². The average Bonchev–Trinajstić information content (AvgIpc) is 3.11. The molecule has 1 unspecified atom stereocenters. The topological polar surface area (TPSA) is 65.0 Å². The Labute approximate surface area is 173 Å². The summed E-state index contributed by atoms with van der Waals surface area (Å²) in [6.07, 6.45) is 4.23. The van der Waals surface area contributed by atoms with Crippen LogP contribution in [-0.4, -0.2) is 53.5 Å². The van der Waals surface area contributed by atoms with Crippen molar-refractivity contribution in [2.24, 2.45) is 10.5 Å². The third kappa shape index (κ3) is 4.53. The van der Waals surface area contributed by atoms with Gasteiger partial charge in [0.2, 0.25) is 5.91 Å². The largest absolute Gasteiger partial charge is 0.337 e. The zero-order chi connectivity index (χ0) is 20.4. The molecule has 2 amide bonds. The molecule has 1 spiro atoms. The van der Waals surface area contributed by atoms with Crippen LogP contribution in [-0.2, 0) is 16.1 Å². The maximum atomic E-state index is 12.8. The van der Waals surface area contributed by atoms with Gasteiger partial charge in [-0.05, 0) is 42.9 Å². The normalized spacial score (nSPS) is 25.4. The van der Waals surface area contributed by atoms with Gasteiger partial charge in [0.05, 0.1) is 0 Å². The number of hydrazone groups is 1. The standard InChI is InChI=1S/C23H32N4O2/c1-17(2)19-6-4-18(5-7-19)14-26-12-3-10-23(15-26)11-13-27(16-23)22(29)20-8-9-21(28)25-24-20/h4-7,17H,3,8-16H2,1-2H3,(H,25,28). The van der Waals surface area contributed by atoms with Crippen LogP contribution in [0, 0.1) is 5.41 Å². The summed E-state index contributed by atoms with van der Waals surface area (Å²) in [6.45, 7) is 9.20. The van der Waals surface area contributed by atoms with Crippen LogP contribution in [0.2, 0.25) is 0 Å². The molecule has 4 rings (SSSR count). The van der Waals surface area contributed by atoms with Crippen LogP contribution in [0.4, 0.5) is 0 Å². The first-order chi connectivity index (χ1) is 13.9. The lowest BCUT2D eigenvalue weighted by Crippen LogP contribution is -2.46. The number of amides is 2. The quantitative estimate of drug-likeness (QED) is 0.851. The zero-order valence-corrected chi connectivity index (χ0v) is 17.6. The van der Waals surface area contributed by atoms with E-state index in [0.717, 1.165) is 39.1 Å². The summed E-state index contributed by atoms with van der Waals surface area (Å²) >= 11 is 0. The maximum Gasteiger partial charge on any atom is 0.270 e. The second-order valence-corrected chi connectivity index (χ2v) is 9.28. The Morgan fingerprint density at radius 2 is 1.93 bits per heavy atom. The molecule has 29 heavy (non-hydrogen) atoms. The first kappa shape index (κ1) is 20.1. The molecule has 3 aliphatic heterocycles.